The Morgan fingerprint density at radius 1 is 1.27 bits per heavy atom. The van der Waals surface area contributed by atoms with E-state index in [9.17, 15) is 18.7 Å². The van der Waals surface area contributed by atoms with Crippen molar-refractivity contribution in [2.24, 2.45) is 5.10 Å². The van der Waals surface area contributed by atoms with Gasteiger partial charge in [0.05, 0.1) is 5.71 Å². The number of aromatic hydroxyl groups is 1. The Morgan fingerprint density at radius 3 is 2.73 bits per heavy atom. The molecule has 0 aliphatic heterocycles. The van der Waals surface area contributed by atoms with Gasteiger partial charge in [0, 0.05) is 11.1 Å². The van der Waals surface area contributed by atoms with E-state index in [4.69, 9.17) is 4.74 Å². The van der Waals surface area contributed by atoms with Crippen LogP contribution in [0.3, 0.4) is 0 Å². The minimum atomic E-state index is -0.990. The number of benzene rings is 2. The van der Waals surface area contributed by atoms with E-state index in [-0.39, 0.29) is 17.4 Å². The first kappa shape index (κ1) is 17.8. The Kier molecular flexibility index (Phi) is 4.88. The van der Waals surface area contributed by atoms with Crippen LogP contribution in [0.2, 0.25) is 0 Å². The molecule has 26 heavy (non-hydrogen) atoms. The number of hydrazone groups is 1. The van der Waals surface area contributed by atoms with Crippen molar-refractivity contribution in [1.82, 2.24) is 5.43 Å². The number of hydrogen-bond acceptors (Lipinski definition) is 4. The van der Waals surface area contributed by atoms with Crippen molar-refractivity contribution in [2.75, 3.05) is 0 Å². The number of halogens is 2. The number of phenolic OH excluding ortho intramolecular Hbond substituents is 1. The highest BCUT2D eigenvalue weighted by molar-refractivity contribution is 6.07. The Bertz CT molecular complexity index is 883. The summed E-state index contributed by atoms with van der Waals surface area (Å²) in [6.45, 7) is 3.28. The molecule has 2 aromatic carbocycles. The molecule has 2 N–H and O–H groups in total. The molecule has 0 bridgehead atoms. The van der Waals surface area contributed by atoms with E-state index < -0.39 is 23.6 Å². The zero-order chi connectivity index (χ0) is 18.8. The van der Waals surface area contributed by atoms with Gasteiger partial charge in [-0.05, 0) is 43.5 Å². The summed E-state index contributed by atoms with van der Waals surface area (Å²) in [7, 11) is 0. The van der Waals surface area contributed by atoms with Crippen LogP contribution < -0.4 is 10.2 Å². The number of para-hydroxylation sites is 1. The second-order valence-electron chi connectivity index (χ2n) is 6.19. The van der Waals surface area contributed by atoms with E-state index in [0.29, 0.717) is 23.3 Å². The first-order valence-corrected chi connectivity index (χ1v) is 8.17. The van der Waals surface area contributed by atoms with Gasteiger partial charge in [-0.2, -0.15) is 5.10 Å². The fourth-order valence-corrected chi connectivity index (χ4v) is 2.96. The third kappa shape index (κ3) is 3.37. The third-order valence-corrected chi connectivity index (χ3v) is 4.26. The van der Waals surface area contributed by atoms with Crippen molar-refractivity contribution in [3.63, 3.8) is 0 Å². The summed E-state index contributed by atoms with van der Waals surface area (Å²) in [5, 5.41) is 14.0. The lowest BCUT2D eigenvalue weighted by atomic mass is 10.0. The van der Waals surface area contributed by atoms with Gasteiger partial charge in [-0.15, -0.1) is 0 Å². The number of phenols is 1. The van der Waals surface area contributed by atoms with Crippen LogP contribution in [-0.2, 0) is 4.79 Å². The number of amides is 1. The maximum absolute atomic E-state index is 14.0. The second-order valence-corrected chi connectivity index (χ2v) is 6.19. The molecule has 2 atom stereocenters. The van der Waals surface area contributed by atoms with Crippen molar-refractivity contribution in [3.8, 4) is 11.5 Å². The van der Waals surface area contributed by atoms with Crippen molar-refractivity contribution in [2.45, 2.75) is 32.3 Å². The number of hydrogen-bond donors (Lipinski definition) is 2. The van der Waals surface area contributed by atoms with Gasteiger partial charge < -0.3 is 9.84 Å². The van der Waals surface area contributed by atoms with Crippen LogP contribution in [0.4, 0.5) is 8.78 Å². The summed E-state index contributed by atoms with van der Waals surface area (Å²) in [5.74, 6) is -1.87. The molecule has 0 heterocycles. The zero-order valence-electron chi connectivity index (χ0n) is 14.3. The molecule has 0 unspecified atom stereocenters. The summed E-state index contributed by atoms with van der Waals surface area (Å²) in [4.78, 5) is 12.2. The molecule has 0 saturated heterocycles. The molecule has 136 valence electrons. The molecule has 0 fully saturated rings. The van der Waals surface area contributed by atoms with Gasteiger partial charge in [0.25, 0.3) is 5.91 Å². The Hall–Kier alpha value is -2.96. The highest BCUT2D eigenvalue weighted by Gasteiger charge is 2.31. The van der Waals surface area contributed by atoms with Crippen LogP contribution in [0.1, 0.15) is 37.3 Å². The maximum Gasteiger partial charge on any atom is 0.280 e. The molecule has 3 rings (SSSR count). The van der Waals surface area contributed by atoms with Crippen LogP contribution in [0.25, 0.3) is 0 Å². The summed E-state index contributed by atoms with van der Waals surface area (Å²) >= 11 is 0. The second kappa shape index (κ2) is 7.11. The first-order chi connectivity index (χ1) is 12.4. The van der Waals surface area contributed by atoms with E-state index in [1.54, 1.807) is 6.07 Å². The molecular weight excluding hydrogens is 342 g/mol. The van der Waals surface area contributed by atoms with E-state index in [2.05, 4.69) is 10.5 Å². The van der Waals surface area contributed by atoms with Gasteiger partial charge in [-0.3, -0.25) is 4.79 Å². The molecule has 1 aliphatic carbocycles. The highest BCUT2D eigenvalue weighted by atomic mass is 19.1. The number of nitrogens with zero attached hydrogens (tertiary/aromatic N) is 1. The van der Waals surface area contributed by atoms with Gasteiger partial charge >= 0.3 is 0 Å². The van der Waals surface area contributed by atoms with Gasteiger partial charge in [-0.25, -0.2) is 14.2 Å². The predicted octanol–water partition coefficient (Wildman–Crippen LogP) is 3.47. The Morgan fingerprint density at radius 2 is 2.00 bits per heavy atom. The molecule has 0 spiro atoms. The van der Waals surface area contributed by atoms with Crippen molar-refractivity contribution in [1.29, 1.82) is 0 Å². The molecule has 2 aromatic rings. The number of carbonyl (C=O) groups is 1. The SMILES string of the molecule is C[C@H](Oc1ccccc1F)C(=O)N/N=C1\C[C@H](C)c2c(F)ccc(O)c21. The Labute approximate surface area is 149 Å². The lowest BCUT2D eigenvalue weighted by molar-refractivity contribution is -0.127. The molecule has 0 aromatic heterocycles. The van der Waals surface area contributed by atoms with E-state index in [0.717, 1.165) is 0 Å². The average Bonchev–Trinajstić information content (AvgIpc) is 2.95. The predicted molar refractivity (Wildman–Crippen MR) is 92.3 cm³/mol. The van der Waals surface area contributed by atoms with Crippen molar-refractivity contribution in [3.05, 3.63) is 59.2 Å². The number of rotatable bonds is 4. The molecule has 1 aliphatic rings. The molecule has 5 nitrogen and oxygen atoms in total. The largest absolute Gasteiger partial charge is 0.507 e. The minimum absolute atomic E-state index is 0.0395. The van der Waals surface area contributed by atoms with Crippen LogP contribution in [0.15, 0.2) is 41.5 Å². The molecule has 7 heteroatoms. The number of fused-ring (bicyclic) bond motifs is 1. The smallest absolute Gasteiger partial charge is 0.280 e. The molecule has 1 amide bonds. The van der Waals surface area contributed by atoms with Crippen LogP contribution in [0.5, 0.6) is 11.5 Å². The molecule has 0 radical (unpaired) electrons. The minimum Gasteiger partial charge on any atom is -0.507 e. The molecule has 0 saturated carbocycles. The summed E-state index contributed by atoms with van der Waals surface area (Å²) in [6.07, 6.45) is -0.609. The normalized spacial score (nSPS) is 18.5. The average molecular weight is 360 g/mol. The van der Waals surface area contributed by atoms with Crippen LogP contribution >= 0.6 is 0 Å². The lowest BCUT2D eigenvalue weighted by Crippen LogP contribution is -2.34. The number of ether oxygens (including phenoxy) is 1. The summed E-state index contributed by atoms with van der Waals surface area (Å²) < 4.78 is 32.9. The fraction of sp³-hybridized carbons (Fsp3) is 0.263. The van der Waals surface area contributed by atoms with Crippen molar-refractivity contribution >= 4 is 11.6 Å². The Balaban J connectivity index is 1.74. The maximum atomic E-state index is 14.0. The number of nitrogens with one attached hydrogen (secondary N) is 1. The standard InChI is InChI=1S/C19H18F2N2O3/c1-10-9-14(18-15(24)8-7-13(21)17(10)18)22-23-19(25)11(2)26-16-6-4-3-5-12(16)20/h3-8,10-11,24H,9H2,1-2H3,(H,23,25)/b22-14+/t10-,11-/m0/s1. The first-order valence-electron chi connectivity index (χ1n) is 8.17. The zero-order valence-corrected chi connectivity index (χ0v) is 14.3. The van der Waals surface area contributed by atoms with Crippen molar-refractivity contribution < 1.29 is 23.4 Å². The molecular formula is C19H18F2N2O3. The van der Waals surface area contributed by atoms with E-state index in [1.807, 2.05) is 6.92 Å². The van der Waals surface area contributed by atoms with E-state index in [1.165, 1.54) is 37.3 Å². The van der Waals surface area contributed by atoms with Crippen LogP contribution in [-0.4, -0.2) is 22.8 Å². The van der Waals surface area contributed by atoms with Gasteiger partial charge in [0.1, 0.15) is 11.6 Å². The third-order valence-electron chi connectivity index (χ3n) is 4.26. The van der Waals surface area contributed by atoms with Gasteiger partial charge in [0.15, 0.2) is 17.7 Å². The van der Waals surface area contributed by atoms with Gasteiger partial charge in [-0.1, -0.05) is 19.1 Å². The summed E-state index contributed by atoms with van der Waals surface area (Å²) in [5.41, 5.74) is 3.41. The van der Waals surface area contributed by atoms with Crippen LogP contribution in [0, 0.1) is 11.6 Å². The summed E-state index contributed by atoms with van der Waals surface area (Å²) in [6, 6.07) is 8.22. The monoisotopic (exact) mass is 360 g/mol. The number of carbonyl (C=O) groups excluding carboxylic acids is 1. The fourth-order valence-electron chi connectivity index (χ4n) is 2.96. The van der Waals surface area contributed by atoms with E-state index >= 15 is 0 Å². The quantitative estimate of drug-likeness (QED) is 0.821. The highest BCUT2D eigenvalue weighted by Crippen LogP contribution is 2.39. The lowest BCUT2D eigenvalue weighted by Gasteiger charge is -2.13. The topological polar surface area (TPSA) is 70.9 Å². The van der Waals surface area contributed by atoms with Gasteiger partial charge in [0.2, 0.25) is 0 Å².